The molecule has 0 aromatic heterocycles. The van der Waals surface area contributed by atoms with Crippen LogP contribution in [0.25, 0.3) is 0 Å². The number of sulfone groups is 1. The minimum absolute atomic E-state index is 0.0538. The van der Waals surface area contributed by atoms with Gasteiger partial charge in [-0.25, -0.2) is 13.2 Å². The SMILES string of the molecule is Cc1ccc(C)c([C@H](C)NC(=O)N2CCS(=O)(=O)CC2)c1. The van der Waals surface area contributed by atoms with Crippen LogP contribution in [0.1, 0.15) is 29.7 Å². The van der Waals surface area contributed by atoms with Gasteiger partial charge in [0.05, 0.1) is 17.5 Å². The van der Waals surface area contributed by atoms with Crippen molar-refractivity contribution in [3.05, 3.63) is 34.9 Å². The monoisotopic (exact) mass is 310 g/mol. The second-order valence-electron chi connectivity index (χ2n) is 5.67. The maximum atomic E-state index is 12.2. The number of urea groups is 1. The molecule has 0 aliphatic carbocycles. The lowest BCUT2D eigenvalue weighted by Crippen LogP contribution is -2.48. The molecule has 1 aliphatic rings. The van der Waals surface area contributed by atoms with Crippen LogP contribution in [0.3, 0.4) is 0 Å². The Morgan fingerprint density at radius 3 is 2.48 bits per heavy atom. The number of hydrogen-bond acceptors (Lipinski definition) is 3. The third-order valence-corrected chi connectivity index (χ3v) is 5.48. The van der Waals surface area contributed by atoms with Crippen LogP contribution >= 0.6 is 0 Å². The average molecular weight is 310 g/mol. The molecule has 0 radical (unpaired) electrons. The van der Waals surface area contributed by atoms with E-state index in [0.717, 1.165) is 16.7 Å². The molecule has 1 saturated heterocycles. The first kappa shape index (κ1) is 15.8. The molecule has 0 unspecified atom stereocenters. The molecule has 0 spiro atoms. The highest BCUT2D eigenvalue weighted by Crippen LogP contribution is 2.19. The Bertz CT molecular complexity index is 626. The number of amides is 2. The van der Waals surface area contributed by atoms with Gasteiger partial charge in [0.25, 0.3) is 0 Å². The van der Waals surface area contributed by atoms with Crippen LogP contribution in [0.15, 0.2) is 18.2 Å². The van der Waals surface area contributed by atoms with Crippen molar-refractivity contribution >= 4 is 15.9 Å². The Labute approximate surface area is 126 Å². The lowest BCUT2D eigenvalue weighted by Gasteiger charge is -2.28. The third-order valence-electron chi connectivity index (χ3n) is 3.87. The molecule has 1 atom stereocenters. The van der Waals surface area contributed by atoms with Gasteiger partial charge in [-0.2, -0.15) is 0 Å². The first-order valence-electron chi connectivity index (χ1n) is 7.11. The highest BCUT2D eigenvalue weighted by atomic mass is 32.2. The van der Waals surface area contributed by atoms with Crippen molar-refractivity contribution in [2.45, 2.75) is 26.8 Å². The zero-order valence-corrected chi connectivity index (χ0v) is 13.5. The van der Waals surface area contributed by atoms with E-state index in [1.165, 1.54) is 0 Å². The van der Waals surface area contributed by atoms with E-state index in [-0.39, 0.29) is 36.7 Å². The van der Waals surface area contributed by atoms with Gasteiger partial charge in [0.15, 0.2) is 9.84 Å². The lowest BCUT2D eigenvalue weighted by atomic mass is 10.0. The molecule has 1 N–H and O–H groups in total. The topological polar surface area (TPSA) is 66.5 Å². The van der Waals surface area contributed by atoms with Gasteiger partial charge in [0.1, 0.15) is 0 Å². The van der Waals surface area contributed by atoms with Gasteiger partial charge in [0, 0.05) is 13.1 Å². The first-order valence-corrected chi connectivity index (χ1v) is 8.93. The lowest BCUT2D eigenvalue weighted by molar-refractivity contribution is 0.199. The van der Waals surface area contributed by atoms with Gasteiger partial charge >= 0.3 is 6.03 Å². The summed E-state index contributed by atoms with van der Waals surface area (Å²) >= 11 is 0. The van der Waals surface area contributed by atoms with E-state index < -0.39 is 9.84 Å². The molecule has 6 heteroatoms. The van der Waals surface area contributed by atoms with E-state index in [1.807, 2.05) is 32.9 Å². The summed E-state index contributed by atoms with van der Waals surface area (Å²) in [5, 5.41) is 2.95. The highest BCUT2D eigenvalue weighted by Gasteiger charge is 2.25. The molecule has 5 nitrogen and oxygen atoms in total. The molecule has 1 aromatic rings. The molecule has 2 amide bonds. The quantitative estimate of drug-likeness (QED) is 0.906. The Balaban J connectivity index is 2.01. The molecule has 1 fully saturated rings. The molecule has 1 heterocycles. The van der Waals surface area contributed by atoms with E-state index in [0.29, 0.717) is 0 Å². The molecule has 1 aliphatic heterocycles. The van der Waals surface area contributed by atoms with Gasteiger partial charge in [-0.05, 0) is 31.9 Å². The van der Waals surface area contributed by atoms with E-state index in [2.05, 4.69) is 11.4 Å². The summed E-state index contributed by atoms with van der Waals surface area (Å²) in [5.74, 6) is 0.108. The van der Waals surface area contributed by atoms with Gasteiger partial charge in [-0.3, -0.25) is 0 Å². The fraction of sp³-hybridized carbons (Fsp3) is 0.533. The van der Waals surface area contributed by atoms with Crippen LogP contribution in [0.2, 0.25) is 0 Å². The fourth-order valence-corrected chi connectivity index (χ4v) is 3.70. The largest absolute Gasteiger partial charge is 0.331 e. The summed E-state index contributed by atoms with van der Waals surface area (Å²) in [5.41, 5.74) is 3.38. The second kappa shape index (κ2) is 6.05. The molecule has 116 valence electrons. The van der Waals surface area contributed by atoms with Crippen molar-refractivity contribution in [1.29, 1.82) is 0 Å². The van der Waals surface area contributed by atoms with Crippen LogP contribution in [0, 0.1) is 13.8 Å². The number of aryl methyl sites for hydroxylation is 2. The molecule has 21 heavy (non-hydrogen) atoms. The van der Waals surface area contributed by atoms with Crippen molar-refractivity contribution < 1.29 is 13.2 Å². The fourth-order valence-electron chi connectivity index (χ4n) is 2.50. The molecule has 2 rings (SSSR count). The van der Waals surface area contributed by atoms with E-state index in [9.17, 15) is 13.2 Å². The summed E-state index contributed by atoms with van der Waals surface area (Å²) in [7, 11) is -2.96. The van der Waals surface area contributed by atoms with Crippen molar-refractivity contribution in [2.75, 3.05) is 24.6 Å². The normalized spacial score (nSPS) is 19.1. The Morgan fingerprint density at radius 2 is 1.86 bits per heavy atom. The number of carbonyl (C=O) groups is 1. The number of nitrogens with one attached hydrogen (secondary N) is 1. The second-order valence-corrected chi connectivity index (χ2v) is 7.97. The summed E-state index contributed by atoms with van der Waals surface area (Å²) < 4.78 is 22.8. The number of carbonyl (C=O) groups excluding carboxylic acids is 1. The van der Waals surface area contributed by atoms with E-state index >= 15 is 0 Å². The number of rotatable bonds is 2. The van der Waals surface area contributed by atoms with E-state index in [1.54, 1.807) is 4.90 Å². The third kappa shape index (κ3) is 3.97. The maximum absolute atomic E-state index is 12.2. The van der Waals surface area contributed by atoms with Gasteiger partial charge in [-0.15, -0.1) is 0 Å². The van der Waals surface area contributed by atoms with Gasteiger partial charge in [-0.1, -0.05) is 23.8 Å². The van der Waals surface area contributed by atoms with E-state index in [4.69, 9.17) is 0 Å². The maximum Gasteiger partial charge on any atom is 0.317 e. The number of benzene rings is 1. The number of nitrogens with zero attached hydrogens (tertiary/aromatic N) is 1. The summed E-state index contributed by atoms with van der Waals surface area (Å²) in [6, 6.07) is 5.86. The van der Waals surface area contributed by atoms with Crippen molar-refractivity contribution in [1.82, 2.24) is 10.2 Å². The first-order chi connectivity index (χ1) is 9.78. The average Bonchev–Trinajstić information content (AvgIpc) is 2.41. The van der Waals surface area contributed by atoms with Crippen molar-refractivity contribution in [2.24, 2.45) is 0 Å². The zero-order chi connectivity index (χ0) is 15.6. The van der Waals surface area contributed by atoms with Gasteiger partial charge < -0.3 is 10.2 Å². The standard InChI is InChI=1S/C15H22N2O3S/c1-11-4-5-12(2)14(10-11)13(3)16-15(18)17-6-8-21(19,20)9-7-17/h4-5,10,13H,6-9H2,1-3H3,(H,16,18)/t13-/m0/s1. The Hall–Kier alpha value is -1.56. The predicted octanol–water partition coefficient (Wildman–Crippen LogP) is 1.80. The van der Waals surface area contributed by atoms with Crippen LogP contribution in [0.5, 0.6) is 0 Å². The Morgan fingerprint density at radius 1 is 1.24 bits per heavy atom. The smallest absolute Gasteiger partial charge is 0.317 e. The molecular formula is C15H22N2O3S. The summed E-state index contributed by atoms with van der Waals surface area (Å²) in [4.78, 5) is 13.8. The summed E-state index contributed by atoms with van der Waals surface area (Å²) in [6.07, 6.45) is 0. The predicted molar refractivity (Wildman–Crippen MR) is 83.1 cm³/mol. The molecular weight excluding hydrogens is 288 g/mol. The van der Waals surface area contributed by atoms with Crippen LogP contribution in [0.4, 0.5) is 4.79 Å². The summed E-state index contributed by atoms with van der Waals surface area (Å²) in [6.45, 7) is 6.53. The molecule has 1 aromatic carbocycles. The van der Waals surface area contributed by atoms with Crippen LogP contribution in [-0.2, 0) is 9.84 Å². The number of hydrogen-bond donors (Lipinski definition) is 1. The minimum atomic E-state index is -2.96. The van der Waals surface area contributed by atoms with Crippen LogP contribution in [-0.4, -0.2) is 43.9 Å². The van der Waals surface area contributed by atoms with Crippen molar-refractivity contribution in [3.63, 3.8) is 0 Å². The van der Waals surface area contributed by atoms with Gasteiger partial charge in [0.2, 0.25) is 0 Å². The van der Waals surface area contributed by atoms with Crippen molar-refractivity contribution in [3.8, 4) is 0 Å². The molecule has 0 bridgehead atoms. The zero-order valence-electron chi connectivity index (χ0n) is 12.7. The minimum Gasteiger partial charge on any atom is -0.331 e. The highest BCUT2D eigenvalue weighted by molar-refractivity contribution is 7.91. The molecule has 0 saturated carbocycles. The Kier molecular flexibility index (Phi) is 4.56. The van der Waals surface area contributed by atoms with Crippen LogP contribution < -0.4 is 5.32 Å².